The van der Waals surface area contributed by atoms with Gasteiger partial charge in [-0.05, 0) is 61.9 Å². The number of carbonyl (C=O) groups is 2. The molecule has 0 atom stereocenters. The van der Waals surface area contributed by atoms with Crippen molar-refractivity contribution in [1.29, 1.82) is 0 Å². The van der Waals surface area contributed by atoms with Gasteiger partial charge in [-0.15, -0.1) is 0 Å². The van der Waals surface area contributed by atoms with Crippen molar-refractivity contribution in [1.82, 2.24) is 0 Å². The van der Waals surface area contributed by atoms with Crippen LogP contribution in [-0.4, -0.2) is 17.9 Å². The second kappa shape index (κ2) is 7.97. The van der Waals surface area contributed by atoms with Crippen molar-refractivity contribution in [3.05, 3.63) is 65.7 Å². The smallest absolute Gasteiger partial charge is 0.248 e. The van der Waals surface area contributed by atoms with Crippen LogP contribution in [0.25, 0.3) is 6.08 Å². The van der Waals surface area contributed by atoms with E-state index in [0.717, 1.165) is 11.3 Å². The van der Waals surface area contributed by atoms with Gasteiger partial charge in [0.1, 0.15) is 5.75 Å². The summed E-state index contributed by atoms with van der Waals surface area (Å²) in [4.78, 5) is 22.9. The molecule has 0 bridgehead atoms. The van der Waals surface area contributed by atoms with Gasteiger partial charge in [-0.2, -0.15) is 0 Å². The lowest BCUT2D eigenvalue weighted by Crippen LogP contribution is -2.11. The molecule has 0 aliphatic carbocycles. The van der Waals surface area contributed by atoms with Crippen LogP contribution in [-0.2, 0) is 4.79 Å². The van der Waals surface area contributed by atoms with E-state index < -0.39 is 5.91 Å². The average molecular weight is 324 g/mol. The van der Waals surface area contributed by atoms with Gasteiger partial charge in [0.15, 0.2) is 0 Å². The molecule has 24 heavy (non-hydrogen) atoms. The molecule has 2 rings (SSSR count). The highest BCUT2D eigenvalue weighted by molar-refractivity contribution is 6.02. The molecule has 0 aliphatic heterocycles. The fourth-order valence-electron chi connectivity index (χ4n) is 2.04. The molecule has 0 aromatic heterocycles. The van der Waals surface area contributed by atoms with Gasteiger partial charge in [0.05, 0.1) is 6.10 Å². The Kier molecular flexibility index (Phi) is 5.73. The molecule has 5 heteroatoms. The SMILES string of the molecule is CC(C)Oc1cccc(/C=C/C(=O)Nc2ccc(C(N)=O)cc2)c1. The zero-order chi connectivity index (χ0) is 17.5. The lowest BCUT2D eigenvalue weighted by molar-refractivity contribution is -0.111. The van der Waals surface area contributed by atoms with Crippen LogP contribution in [0, 0.1) is 0 Å². The Balaban J connectivity index is 1.98. The number of ether oxygens (including phenoxy) is 1. The molecular formula is C19H20N2O3. The van der Waals surface area contributed by atoms with E-state index in [9.17, 15) is 9.59 Å². The van der Waals surface area contributed by atoms with Gasteiger partial charge in [-0.1, -0.05) is 12.1 Å². The standard InChI is InChI=1S/C19H20N2O3/c1-13(2)24-17-5-3-4-14(12-17)6-11-18(22)21-16-9-7-15(8-10-16)19(20)23/h3-13H,1-2H3,(H2,20,23)(H,21,22)/b11-6+. The molecule has 2 amide bonds. The van der Waals surface area contributed by atoms with Crippen molar-refractivity contribution >= 4 is 23.6 Å². The second-order valence-corrected chi connectivity index (χ2v) is 5.50. The number of anilines is 1. The van der Waals surface area contributed by atoms with Crippen LogP contribution in [0.4, 0.5) is 5.69 Å². The van der Waals surface area contributed by atoms with Crippen LogP contribution in [0.3, 0.4) is 0 Å². The number of amides is 2. The number of primary amides is 1. The zero-order valence-electron chi connectivity index (χ0n) is 13.7. The van der Waals surface area contributed by atoms with Crippen LogP contribution in [0.2, 0.25) is 0 Å². The second-order valence-electron chi connectivity index (χ2n) is 5.50. The van der Waals surface area contributed by atoms with Crippen molar-refractivity contribution in [3.8, 4) is 5.75 Å². The molecule has 5 nitrogen and oxygen atoms in total. The molecule has 124 valence electrons. The van der Waals surface area contributed by atoms with Crippen molar-refractivity contribution in [2.45, 2.75) is 20.0 Å². The van der Waals surface area contributed by atoms with E-state index in [1.165, 1.54) is 6.08 Å². The van der Waals surface area contributed by atoms with Gasteiger partial charge in [0.2, 0.25) is 11.8 Å². The van der Waals surface area contributed by atoms with Crippen LogP contribution in [0.5, 0.6) is 5.75 Å². The maximum atomic E-state index is 11.9. The predicted octanol–water partition coefficient (Wildman–Crippen LogP) is 3.22. The Morgan fingerprint density at radius 3 is 2.46 bits per heavy atom. The summed E-state index contributed by atoms with van der Waals surface area (Å²) in [6, 6.07) is 13.9. The summed E-state index contributed by atoms with van der Waals surface area (Å²) < 4.78 is 5.62. The minimum Gasteiger partial charge on any atom is -0.491 e. The molecule has 2 aromatic carbocycles. The fourth-order valence-corrected chi connectivity index (χ4v) is 2.04. The first-order chi connectivity index (χ1) is 11.4. The average Bonchev–Trinajstić information content (AvgIpc) is 2.53. The van der Waals surface area contributed by atoms with E-state index in [4.69, 9.17) is 10.5 Å². The monoisotopic (exact) mass is 324 g/mol. The van der Waals surface area contributed by atoms with Crippen molar-refractivity contribution in [3.63, 3.8) is 0 Å². The first-order valence-corrected chi connectivity index (χ1v) is 7.59. The van der Waals surface area contributed by atoms with Crippen LogP contribution >= 0.6 is 0 Å². The van der Waals surface area contributed by atoms with Gasteiger partial charge in [0, 0.05) is 17.3 Å². The quantitative estimate of drug-likeness (QED) is 0.800. The highest BCUT2D eigenvalue weighted by Gasteiger charge is 2.02. The summed E-state index contributed by atoms with van der Waals surface area (Å²) in [7, 11) is 0. The van der Waals surface area contributed by atoms with Gasteiger partial charge in [-0.3, -0.25) is 9.59 Å². The number of nitrogens with one attached hydrogen (secondary N) is 1. The number of carbonyl (C=O) groups excluding carboxylic acids is 2. The Hall–Kier alpha value is -3.08. The highest BCUT2D eigenvalue weighted by Crippen LogP contribution is 2.16. The Labute approximate surface area is 141 Å². The summed E-state index contributed by atoms with van der Waals surface area (Å²) in [6.07, 6.45) is 3.24. The number of hydrogen-bond acceptors (Lipinski definition) is 3. The molecular weight excluding hydrogens is 304 g/mol. The van der Waals surface area contributed by atoms with Gasteiger partial charge in [0.25, 0.3) is 0 Å². The first kappa shape index (κ1) is 17.3. The first-order valence-electron chi connectivity index (χ1n) is 7.59. The predicted molar refractivity (Wildman–Crippen MR) is 94.8 cm³/mol. The molecule has 0 fully saturated rings. The van der Waals surface area contributed by atoms with Crippen molar-refractivity contribution in [2.24, 2.45) is 5.73 Å². The molecule has 0 unspecified atom stereocenters. The zero-order valence-corrected chi connectivity index (χ0v) is 13.7. The Bertz CT molecular complexity index is 749. The highest BCUT2D eigenvalue weighted by atomic mass is 16.5. The molecule has 0 spiro atoms. The van der Waals surface area contributed by atoms with E-state index in [-0.39, 0.29) is 12.0 Å². The maximum Gasteiger partial charge on any atom is 0.248 e. The number of rotatable bonds is 6. The molecule has 0 heterocycles. The summed E-state index contributed by atoms with van der Waals surface area (Å²) in [6.45, 7) is 3.92. The van der Waals surface area contributed by atoms with E-state index >= 15 is 0 Å². The third-order valence-electron chi connectivity index (χ3n) is 3.09. The lowest BCUT2D eigenvalue weighted by Gasteiger charge is -2.09. The Morgan fingerprint density at radius 2 is 1.83 bits per heavy atom. The summed E-state index contributed by atoms with van der Waals surface area (Å²) in [5.41, 5.74) is 7.02. The summed E-state index contributed by atoms with van der Waals surface area (Å²) in [5, 5.41) is 2.72. The van der Waals surface area contributed by atoms with E-state index in [0.29, 0.717) is 11.3 Å². The maximum absolute atomic E-state index is 11.9. The van der Waals surface area contributed by atoms with E-state index in [1.807, 2.05) is 38.1 Å². The molecule has 0 aliphatic rings. The molecule has 3 N–H and O–H groups in total. The van der Waals surface area contributed by atoms with Gasteiger partial charge in [-0.25, -0.2) is 0 Å². The number of hydrogen-bond donors (Lipinski definition) is 2. The van der Waals surface area contributed by atoms with Crippen molar-refractivity contribution in [2.75, 3.05) is 5.32 Å². The summed E-state index contributed by atoms with van der Waals surface area (Å²) >= 11 is 0. The molecule has 0 saturated carbocycles. The van der Waals surface area contributed by atoms with Crippen LogP contribution in [0.1, 0.15) is 29.8 Å². The van der Waals surface area contributed by atoms with Gasteiger partial charge >= 0.3 is 0 Å². The van der Waals surface area contributed by atoms with Crippen molar-refractivity contribution < 1.29 is 14.3 Å². The molecule has 0 saturated heterocycles. The third kappa shape index (κ3) is 5.28. The largest absolute Gasteiger partial charge is 0.491 e. The van der Waals surface area contributed by atoms with Gasteiger partial charge < -0.3 is 15.8 Å². The fraction of sp³-hybridized carbons (Fsp3) is 0.158. The Morgan fingerprint density at radius 1 is 1.12 bits per heavy atom. The van der Waals surface area contributed by atoms with E-state index in [1.54, 1.807) is 30.3 Å². The molecule has 2 aromatic rings. The number of nitrogens with two attached hydrogens (primary N) is 1. The summed E-state index contributed by atoms with van der Waals surface area (Å²) in [5.74, 6) is -0.0112. The topological polar surface area (TPSA) is 81.4 Å². The van der Waals surface area contributed by atoms with E-state index in [2.05, 4.69) is 5.32 Å². The van der Waals surface area contributed by atoms with Crippen LogP contribution in [0.15, 0.2) is 54.6 Å². The number of benzene rings is 2. The third-order valence-corrected chi connectivity index (χ3v) is 3.09. The minimum absolute atomic E-state index is 0.0934. The van der Waals surface area contributed by atoms with Crippen LogP contribution < -0.4 is 15.8 Å². The normalized spacial score (nSPS) is 10.8. The molecule has 0 radical (unpaired) electrons. The lowest BCUT2D eigenvalue weighted by atomic mass is 10.2. The minimum atomic E-state index is -0.503.